The summed E-state index contributed by atoms with van der Waals surface area (Å²) in [6.07, 6.45) is 0. The van der Waals surface area contributed by atoms with Gasteiger partial charge in [0, 0.05) is 38.8 Å². The molecule has 1 amide bonds. The van der Waals surface area contributed by atoms with Crippen molar-refractivity contribution in [2.24, 2.45) is 0 Å². The van der Waals surface area contributed by atoms with Gasteiger partial charge in [0.05, 0.1) is 6.54 Å². The van der Waals surface area contributed by atoms with E-state index in [9.17, 15) is 14.3 Å². The standard InChI is InChI=1S/C14H20FN3O2.ClH/c1-17(9-11-6-12(15)8-13(19)7-11)10-14(20)18-4-2-16-3-5-18;/h6-8,16,19H,2-5,9-10H2,1H3;1H. The number of carbonyl (C=O) groups is 1. The summed E-state index contributed by atoms with van der Waals surface area (Å²) in [6, 6.07) is 3.94. The number of hydrogen-bond donors (Lipinski definition) is 2. The summed E-state index contributed by atoms with van der Waals surface area (Å²) in [5.41, 5.74) is 0.651. The van der Waals surface area contributed by atoms with E-state index >= 15 is 0 Å². The summed E-state index contributed by atoms with van der Waals surface area (Å²) in [4.78, 5) is 15.7. The van der Waals surface area contributed by atoms with E-state index in [1.807, 2.05) is 16.8 Å². The van der Waals surface area contributed by atoms with Crippen LogP contribution in [0.15, 0.2) is 18.2 Å². The maximum Gasteiger partial charge on any atom is 0.236 e. The van der Waals surface area contributed by atoms with E-state index < -0.39 is 5.82 Å². The Labute approximate surface area is 130 Å². The molecule has 5 nitrogen and oxygen atoms in total. The topological polar surface area (TPSA) is 55.8 Å². The number of piperazine rings is 1. The van der Waals surface area contributed by atoms with Gasteiger partial charge in [-0.15, -0.1) is 12.4 Å². The lowest BCUT2D eigenvalue weighted by molar-refractivity contribution is -0.132. The summed E-state index contributed by atoms with van der Waals surface area (Å²) in [5, 5.41) is 12.6. The Hall–Kier alpha value is -1.37. The number of halogens is 2. The lowest BCUT2D eigenvalue weighted by Gasteiger charge is -2.29. The van der Waals surface area contributed by atoms with Gasteiger partial charge in [-0.1, -0.05) is 0 Å². The van der Waals surface area contributed by atoms with E-state index in [1.165, 1.54) is 12.1 Å². The van der Waals surface area contributed by atoms with Gasteiger partial charge in [0.2, 0.25) is 5.91 Å². The van der Waals surface area contributed by atoms with Gasteiger partial charge in [0.1, 0.15) is 11.6 Å². The van der Waals surface area contributed by atoms with Crippen LogP contribution in [-0.2, 0) is 11.3 Å². The molecular weight excluding hydrogens is 297 g/mol. The summed E-state index contributed by atoms with van der Waals surface area (Å²) in [7, 11) is 1.81. The first kappa shape index (κ1) is 17.7. The Bertz CT molecular complexity index is 461. The van der Waals surface area contributed by atoms with Gasteiger partial charge in [-0.3, -0.25) is 9.69 Å². The lowest BCUT2D eigenvalue weighted by Crippen LogP contribution is -2.49. The van der Waals surface area contributed by atoms with Gasteiger partial charge in [0.25, 0.3) is 0 Å². The van der Waals surface area contributed by atoms with Crippen molar-refractivity contribution < 1.29 is 14.3 Å². The van der Waals surface area contributed by atoms with Gasteiger partial charge in [0.15, 0.2) is 0 Å². The molecule has 21 heavy (non-hydrogen) atoms. The first-order chi connectivity index (χ1) is 9.54. The molecule has 0 atom stereocenters. The molecule has 0 radical (unpaired) electrons. The molecule has 0 spiro atoms. The van der Waals surface area contributed by atoms with Crippen molar-refractivity contribution in [2.45, 2.75) is 6.54 Å². The Morgan fingerprint density at radius 3 is 2.67 bits per heavy atom. The molecule has 0 unspecified atom stereocenters. The zero-order chi connectivity index (χ0) is 14.5. The Kier molecular flexibility index (Phi) is 6.87. The molecule has 7 heteroatoms. The van der Waals surface area contributed by atoms with Gasteiger partial charge in [-0.25, -0.2) is 4.39 Å². The maximum absolute atomic E-state index is 13.2. The largest absolute Gasteiger partial charge is 0.508 e. The second-order valence-corrected chi connectivity index (χ2v) is 5.12. The van der Waals surface area contributed by atoms with Crippen molar-refractivity contribution in [3.05, 3.63) is 29.6 Å². The Morgan fingerprint density at radius 1 is 1.38 bits per heavy atom. The fourth-order valence-electron chi connectivity index (χ4n) is 2.34. The smallest absolute Gasteiger partial charge is 0.236 e. The number of phenols is 1. The molecule has 2 rings (SSSR count). The van der Waals surface area contributed by atoms with Crippen LogP contribution < -0.4 is 5.32 Å². The highest BCUT2D eigenvalue weighted by molar-refractivity contribution is 5.85. The zero-order valence-corrected chi connectivity index (χ0v) is 12.8. The van der Waals surface area contributed by atoms with Crippen LogP contribution >= 0.6 is 12.4 Å². The van der Waals surface area contributed by atoms with Gasteiger partial charge in [-0.2, -0.15) is 0 Å². The summed E-state index contributed by atoms with van der Waals surface area (Å²) < 4.78 is 13.2. The second kappa shape index (κ2) is 8.17. The van der Waals surface area contributed by atoms with Crippen molar-refractivity contribution in [3.63, 3.8) is 0 Å². The number of phenolic OH excluding ortho intramolecular Hbond substituents is 1. The van der Waals surface area contributed by atoms with Crippen molar-refractivity contribution >= 4 is 18.3 Å². The fraction of sp³-hybridized carbons (Fsp3) is 0.500. The molecule has 1 aliphatic rings. The third-order valence-corrected chi connectivity index (χ3v) is 3.27. The molecule has 118 valence electrons. The van der Waals surface area contributed by atoms with Crippen molar-refractivity contribution in [3.8, 4) is 5.75 Å². The van der Waals surface area contributed by atoms with Crippen LogP contribution in [0.4, 0.5) is 4.39 Å². The van der Waals surface area contributed by atoms with E-state index in [1.54, 1.807) is 0 Å². The number of benzene rings is 1. The van der Waals surface area contributed by atoms with Crippen molar-refractivity contribution in [1.82, 2.24) is 15.1 Å². The average Bonchev–Trinajstić information content (AvgIpc) is 2.38. The number of nitrogens with one attached hydrogen (secondary N) is 1. The second-order valence-electron chi connectivity index (χ2n) is 5.12. The van der Waals surface area contributed by atoms with Gasteiger partial charge >= 0.3 is 0 Å². The number of aromatic hydroxyl groups is 1. The average molecular weight is 318 g/mol. The summed E-state index contributed by atoms with van der Waals surface area (Å²) in [5.74, 6) is -0.488. The van der Waals surface area contributed by atoms with Crippen LogP contribution in [0.3, 0.4) is 0 Å². The number of hydrogen-bond acceptors (Lipinski definition) is 4. The third kappa shape index (κ3) is 5.49. The number of rotatable bonds is 4. The van der Waals surface area contributed by atoms with Crippen LogP contribution in [0.2, 0.25) is 0 Å². The van der Waals surface area contributed by atoms with Crippen molar-refractivity contribution in [1.29, 1.82) is 0 Å². The molecule has 2 N–H and O–H groups in total. The monoisotopic (exact) mass is 317 g/mol. The Balaban J connectivity index is 0.00000220. The van der Waals surface area contributed by atoms with Crippen LogP contribution in [0.5, 0.6) is 5.75 Å². The third-order valence-electron chi connectivity index (χ3n) is 3.27. The minimum Gasteiger partial charge on any atom is -0.508 e. The number of amides is 1. The SMILES string of the molecule is CN(CC(=O)N1CCNCC1)Cc1cc(O)cc(F)c1.Cl. The molecule has 0 aromatic heterocycles. The number of likely N-dealkylation sites (N-methyl/N-ethyl adjacent to an activating group) is 1. The summed E-state index contributed by atoms with van der Waals surface area (Å²) >= 11 is 0. The first-order valence-corrected chi connectivity index (χ1v) is 6.70. The van der Waals surface area contributed by atoms with E-state index in [-0.39, 0.29) is 30.6 Å². The predicted molar refractivity (Wildman–Crippen MR) is 81.1 cm³/mol. The minimum absolute atomic E-state index is 0. The molecule has 1 saturated heterocycles. The van der Waals surface area contributed by atoms with Crippen LogP contribution in [0.1, 0.15) is 5.56 Å². The first-order valence-electron chi connectivity index (χ1n) is 6.70. The molecule has 1 aromatic rings. The van der Waals surface area contributed by atoms with Crippen molar-refractivity contribution in [2.75, 3.05) is 39.8 Å². The zero-order valence-electron chi connectivity index (χ0n) is 12.0. The minimum atomic E-state index is -0.471. The maximum atomic E-state index is 13.2. The van der Waals surface area contributed by atoms with Crippen LogP contribution in [0.25, 0.3) is 0 Å². The molecule has 0 aliphatic carbocycles. The predicted octanol–water partition coefficient (Wildman–Crippen LogP) is 0.817. The quantitative estimate of drug-likeness (QED) is 0.863. The molecule has 1 heterocycles. The highest BCUT2D eigenvalue weighted by atomic mass is 35.5. The summed E-state index contributed by atoms with van der Waals surface area (Å²) in [6.45, 7) is 3.82. The van der Waals surface area contributed by atoms with E-state index in [0.29, 0.717) is 12.1 Å². The molecule has 0 saturated carbocycles. The molecule has 1 aliphatic heterocycles. The highest BCUT2D eigenvalue weighted by Gasteiger charge is 2.17. The van der Waals surface area contributed by atoms with E-state index in [2.05, 4.69) is 5.32 Å². The Morgan fingerprint density at radius 2 is 2.05 bits per heavy atom. The number of nitrogens with zero attached hydrogens (tertiary/aromatic N) is 2. The van der Waals surface area contributed by atoms with Gasteiger partial charge in [-0.05, 0) is 24.7 Å². The lowest BCUT2D eigenvalue weighted by atomic mass is 10.2. The van der Waals surface area contributed by atoms with E-state index in [4.69, 9.17) is 0 Å². The molecular formula is C14H21ClFN3O2. The normalized spacial score (nSPS) is 14.9. The fourth-order valence-corrected chi connectivity index (χ4v) is 2.34. The van der Waals surface area contributed by atoms with Crippen LogP contribution in [0, 0.1) is 5.82 Å². The molecule has 0 bridgehead atoms. The molecule has 1 fully saturated rings. The van der Waals surface area contributed by atoms with Gasteiger partial charge < -0.3 is 15.3 Å². The highest BCUT2D eigenvalue weighted by Crippen LogP contribution is 2.15. The molecule has 1 aromatic carbocycles. The van der Waals surface area contributed by atoms with E-state index in [0.717, 1.165) is 32.2 Å². The van der Waals surface area contributed by atoms with Crippen LogP contribution in [-0.4, -0.2) is 60.6 Å². The number of carbonyl (C=O) groups excluding carboxylic acids is 1.